The van der Waals surface area contributed by atoms with Gasteiger partial charge in [-0.1, -0.05) is 38.3 Å². The van der Waals surface area contributed by atoms with Crippen LogP contribution in [0.15, 0.2) is 36.4 Å². The maximum absolute atomic E-state index is 11.1. The highest BCUT2D eigenvalue weighted by atomic mass is 16.5. The number of anilines is 1. The molecule has 2 aromatic carbocycles. The van der Waals surface area contributed by atoms with Gasteiger partial charge in [-0.15, -0.1) is 0 Å². The molecule has 0 bridgehead atoms. The van der Waals surface area contributed by atoms with Crippen LogP contribution in [0.4, 0.5) is 5.69 Å². The summed E-state index contributed by atoms with van der Waals surface area (Å²) in [6, 6.07) is 10.9. The second kappa shape index (κ2) is 9.27. The van der Waals surface area contributed by atoms with Crippen LogP contribution in [0, 0.1) is 6.92 Å². The molecule has 2 aromatic rings. The van der Waals surface area contributed by atoms with E-state index in [4.69, 9.17) is 15.6 Å². The molecule has 0 amide bonds. The number of hydrogen-bond acceptors (Lipinski definition) is 3. The number of hydrogen-bond donors (Lipinski definition) is 2. The first kappa shape index (κ1) is 19.8. The van der Waals surface area contributed by atoms with E-state index in [1.165, 1.54) is 25.7 Å². The van der Waals surface area contributed by atoms with E-state index in [0.717, 1.165) is 23.1 Å². The number of aromatic carboxylic acids is 1. The van der Waals surface area contributed by atoms with Gasteiger partial charge < -0.3 is 15.6 Å². The van der Waals surface area contributed by atoms with Crippen molar-refractivity contribution in [3.05, 3.63) is 47.5 Å². The molecule has 0 spiro atoms. The number of rotatable bonds is 9. The number of nitrogens with two attached hydrogens (primary N) is 1. The fourth-order valence-corrected chi connectivity index (χ4v) is 3.08. The smallest absolute Gasteiger partial charge is 0.335 e. The number of carboxylic acids is 1. The standard InChI is InChI=1S/C22H29NO3/c1-4-5-6-7-8-16(3)26-21-12-10-17(14-20(21)23)19-11-9-18(22(24)25)13-15(19)2/h9-14,16H,4-8,23H2,1-3H3,(H,24,25). The monoisotopic (exact) mass is 355 g/mol. The summed E-state index contributed by atoms with van der Waals surface area (Å²) < 4.78 is 5.99. The van der Waals surface area contributed by atoms with Gasteiger partial charge >= 0.3 is 5.97 Å². The minimum absolute atomic E-state index is 0.136. The summed E-state index contributed by atoms with van der Waals surface area (Å²) in [5, 5.41) is 9.09. The SMILES string of the molecule is CCCCCCC(C)Oc1ccc(-c2ccc(C(=O)O)cc2C)cc1N. The summed E-state index contributed by atoms with van der Waals surface area (Å²) >= 11 is 0. The van der Waals surface area contributed by atoms with Crippen molar-refractivity contribution < 1.29 is 14.6 Å². The molecule has 0 aliphatic carbocycles. The minimum atomic E-state index is -0.921. The number of carboxylic acid groups (broad SMARTS) is 1. The average Bonchev–Trinajstić information content (AvgIpc) is 2.60. The van der Waals surface area contributed by atoms with Crippen molar-refractivity contribution in [2.75, 3.05) is 5.73 Å². The van der Waals surface area contributed by atoms with Crippen LogP contribution in [0.3, 0.4) is 0 Å². The third-order valence-electron chi connectivity index (χ3n) is 4.59. The first-order valence-corrected chi connectivity index (χ1v) is 9.33. The highest BCUT2D eigenvalue weighted by molar-refractivity contribution is 5.89. The Labute approximate surface area is 156 Å². The van der Waals surface area contributed by atoms with Gasteiger partial charge in [-0.05, 0) is 67.6 Å². The Morgan fingerprint density at radius 3 is 2.54 bits per heavy atom. The first-order chi connectivity index (χ1) is 12.4. The van der Waals surface area contributed by atoms with E-state index < -0.39 is 5.97 Å². The van der Waals surface area contributed by atoms with Gasteiger partial charge in [0.05, 0.1) is 17.4 Å². The highest BCUT2D eigenvalue weighted by Gasteiger charge is 2.11. The van der Waals surface area contributed by atoms with Gasteiger partial charge in [-0.3, -0.25) is 0 Å². The Morgan fingerprint density at radius 2 is 1.92 bits per heavy atom. The quantitative estimate of drug-likeness (QED) is 0.448. The Bertz CT molecular complexity index is 755. The summed E-state index contributed by atoms with van der Waals surface area (Å²) in [5.41, 5.74) is 9.92. The second-order valence-electron chi connectivity index (χ2n) is 6.87. The molecule has 1 atom stereocenters. The van der Waals surface area contributed by atoms with Gasteiger partial charge in [0.1, 0.15) is 5.75 Å². The Kier molecular flexibility index (Phi) is 7.07. The van der Waals surface area contributed by atoms with Crippen molar-refractivity contribution >= 4 is 11.7 Å². The van der Waals surface area contributed by atoms with Crippen LogP contribution in [-0.2, 0) is 0 Å². The molecule has 1 unspecified atom stereocenters. The molecule has 140 valence electrons. The summed E-state index contributed by atoms with van der Waals surface area (Å²) in [6.45, 7) is 6.19. The normalized spacial score (nSPS) is 12.0. The molecule has 0 fully saturated rings. The van der Waals surface area contributed by atoms with Crippen molar-refractivity contribution in [1.29, 1.82) is 0 Å². The molecule has 2 rings (SSSR count). The van der Waals surface area contributed by atoms with Crippen molar-refractivity contribution in [3.63, 3.8) is 0 Å². The second-order valence-corrected chi connectivity index (χ2v) is 6.87. The highest BCUT2D eigenvalue weighted by Crippen LogP contribution is 2.31. The Morgan fingerprint density at radius 1 is 1.15 bits per heavy atom. The van der Waals surface area contributed by atoms with Gasteiger partial charge in [0.25, 0.3) is 0 Å². The molecule has 0 aliphatic rings. The summed E-state index contributed by atoms with van der Waals surface area (Å²) in [4.78, 5) is 11.1. The Balaban J connectivity index is 2.08. The zero-order valence-corrected chi connectivity index (χ0v) is 15.9. The maximum atomic E-state index is 11.1. The lowest BCUT2D eigenvalue weighted by Gasteiger charge is -2.17. The topological polar surface area (TPSA) is 72.5 Å². The van der Waals surface area contributed by atoms with E-state index in [9.17, 15) is 4.79 Å². The van der Waals surface area contributed by atoms with Crippen LogP contribution in [0.2, 0.25) is 0 Å². The zero-order valence-electron chi connectivity index (χ0n) is 15.9. The van der Waals surface area contributed by atoms with Gasteiger partial charge in [-0.25, -0.2) is 4.79 Å². The predicted molar refractivity (Wildman–Crippen MR) is 107 cm³/mol. The van der Waals surface area contributed by atoms with Crippen molar-refractivity contribution in [2.24, 2.45) is 0 Å². The number of aryl methyl sites for hydroxylation is 1. The van der Waals surface area contributed by atoms with Crippen LogP contribution in [-0.4, -0.2) is 17.2 Å². The van der Waals surface area contributed by atoms with Gasteiger partial charge in [-0.2, -0.15) is 0 Å². The third kappa shape index (κ3) is 5.25. The molecule has 26 heavy (non-hydrogen) atoms. The van der Waals surface area contributed by atoms with Gasteiger partial charge in [0, 0.05) is 0 Å². The maximum Gasteiger partial charge on any atom is 0.335 e. The number of ether oxygens (including phenoxy) is 1. The first-order valence-electron chi connectivity index (χ1n) is 9.33. The molecular formula is C22H29NO3. The van der Waals surface area contributed by atoms with E-state index >= 15 is 0 Å². The lowest BCUT2D eigenvalue weighted by Crippen LogP contribution is -2.12. The van der Waals surface area contributed by atoms with Crippen molar-refractivity contribution in [3.8, 4) is 16.9 Å². The van der Waals surface area contributed by atoms with E-state index in [1.54, 1.807) is 12.1 Å². The van der Waals surface area contributed by atoms with Crippen LogP contribution in [0.25, 0.3) is 11.1 Å². The average molecular weight is 355 g/mol. The van der Waals surface area contributed by atoms with E-state index in [2.05, 4.69) is 13.8 Å². The molecular weight excluding hydrogens is 326 g/mol. The molecule has 3 N–H and O–H groups in total. The third-order valence-corrected chi connectivity index (χ3v) is 4.59. The molecule has 4 heteroatoms. The number of unbranched alkanes of at least 4 members (excludes halogenated alkanes) is 3. The predicted octanol–water partition coefficient (Wildman–Crippen LogP) is 5.68. The lowest BCUT2D eigenvalue weighted by atomic mass is 9.98. The molecule has 0 heterocycles. The van der Waals surface area contributed by atoms with Crippen LogP contribution in [0.1, 0.15) is 61.9 Å². The molecule has 0 saturated carbocycles. The fourth-order valence-electron chi connectivity index (χ4n) is 3.08. The molecule has 0 radical (unpaired) electrons. The molecule has 4 nitrogen and oxygen atoms in total. The number of carbonyl (C=O) groups is 1. The molecule has 0 saturated heterocycles. The van der Waals surface area contributed by atoms with Gasteiger partial charge in [0.2, 0.25) is 0 Å². The summed E-state index contributed by atoms with van der Waals surface area (Å²) in [6.07, 6.45) is 6.07. The van der Waals surface area contributed by atoms with Crippen LogP contribution >= 0.6 is 0 Å². The van der Waals surface area contributed by atoms with E-state index in [-0.39, 0.29) is 11.7 Å². The summed E-state index contributed by atoms with van der Waals surface area (Å²) in [7, 11) is 0. The zero-order chi connectivity index (χ0) is 19.1. The van der Waals surface area contributed by atoms with E-state index in [0.29, 0.717) is 11.4 Å². The van der Waals surface area contributed by atoms with Crippen LogP contribution in [0.5, 0.6) is 5.75 Å². The van der Waals surface area contributed by atoms with Crippen molar-refractivity contribution in [2.45, 2.75) is 59.0 Å². The number of nitrogen functional groups attached to an aromatic ring is 1. The number of benzene rings is 2. The minimum Gasteiger partial charge on any atom is -0.489 e. The summed E-state index contributed by atoms with van der Waals surface area (Å²) in [5.74, 6) is -0.215. The molecule has 0 aliphatic heterocycles. The van der Waals surface area contributed by atoms with Crippen molar-refractivity contribution in [1.82, 2.24) is 0 Å². The van der Waals surface area contributed by atoms with Crippen LogP contribution < -0.4 is 10.5 Å². The fraction of sp³-hybridized carbons (Fsp3) is 0.409. The van der Waals surface area contributed by atoms with Gasteiger partial charge in [0.15, 0.2) is 0 Å². The Hall–Kier alpha value is -2.49. The molecule has 0 aromatic heterocycles. The lowest BCUT2D eigenvalue weighted by molar-refractivity contribution is 0.0697. The van der Waals surface area contributed by atoms with E-state index in [1.807, 2.05) is 31.2 Å². The largest absolute Gasteiger partial charge is 0.489 e.